The maximum Gasteiger partial charge on any atom is 0.294 e. The Bertz CT molecular complexity index is 948. The predicted octanol–water partition coefficient (Wildman–Crippen LogP) is 3.47. The molecule has 3 aromatic rings. The summed E-state index contributed by atoms with van der Waals surface area (Å²) in [5.74, 6) is 1.14. The number of benzene rings is 3. The summed E-state index contributed by atoms with van der Waals surface area (Å²) in [7, 11) is 0. The van der Waals surface area contributed by atoms with Gasteiger partial charge >= 0.3 is 0 Å². The van der Waals surface area contributed by atoms with Gasteiger partial charge in [-0.3, -0.25) is 0 Å². The van der Waals surface area contributed by atoms with E-state index in [-0.39, 0.29) is 19.8 Å². The van der Waals surface area contributed by atoms with Gasteiger partial charge in [-0.1, -0.05) is 54.6 Å². The van der Waals surface area contributed by atoms with Crippen molar-refractivity contribution in [2.75, 3.05) is 26.4 Å². The second kappa shape index (κ2) is 12.3. The highest BCUT2D eigenvalue weighted by Gasteiger charge is 2.06. The Morgan fingerprint density at radius 2 is 1.47 bits per heavy atom. The molecule has 0 aliphatic rings. The molecule has 1 atom stereocenters. The van der Waals surface area contributed by atoms with Crippen molar-refractivity contribution >= 4 is 0 Å². The van der Waals surface area contributed by atoms with E-state index in [1.54, 1.807) is 24.3 Å². The second-order valence-electron chi connectivity index (χ2n) is 7.04. The minimum absolute atomic E-state index is 0.0700. The Morgan fingerprint density at radius 1 is 0.844 bits per heavy atom. The maximum atomic E-state index is 10.1. The predicted molar refractivity (Wildman–Crippen MR) is 120 cm³/mol. The molecule has 0 aliphatic carbocycles. The Kier molecular flexibility index (Phi) is 8.85. The molecule has 8 nitrogen and oxygen atoms in total. The van der Waals surface area contributed by atoms with Gasteiger partial charge in [0.15, 0.2) is 0 Å². The molecule has 0 radical (unpaired) electrons. The number of hydrogen-bond acceptors (Lipinski definition) is 7. The summed E-state index contributed by atoms with van der Waals surface area (Å²) >= 11 is 0. The lowest BCUT2D eigenvalue weighted by molar-refractivity contribution is -0.757. The number of rotatable bonds is 13. The van der Waals surface area contributed by atoms with Crippen LogP contribution in [0.3, 0.4) is 0 Å². The molecule has 32 heavy (non-hydrogen) atoms. The van der Waals surface area contributed by atoms with Crippen molar-refractivity contribution in [1.82, 2.24) is 5.32 Å². The van der Waals surface area contributed by atoms with Crippen LogP contribution in [0.5, 0.6) is 11.5 Å². The Balaban J connectivity index is 1.33. The lowest BCUT2D eigenvalue weighted by Crippen LogP contribution is -2.31. The Labute approximate surface area is 186 Å². The van der Waals surface area contributed by atoms with Gasteiger partial charge in [-0.15, -0.1) is 10.1 Å². The first-order chi connectivity index (χ1) is 15.6. The van der Waals surface area contributed by atoms with Gasteiger partial charge < -0.3 is 24.7 Å². The number of aliphatic hydroxyl groups excluding tert-OH is 1. The number of ether oxygens (including phenoxy) is 2. The van der Waals surface area contributed by atoms with Gasteiger partial charge in [0.1, 0.15) is 37.4 Å². The lowest BCUT2D eigenvalue weighted by atomic mass is 10.0. The summed E-state index contributed by atoms with van der Waals surface area (Å²) in [5, 5.41) is 22.6. The molecule has 168 valence electrons. The van der Waals surface area contributed by atoms with E-state index in [1.807, 2.05) is 18.2 Å². The summed E-state index contributed by atoms with van der Waals surface area (Å²) in [5.41, 5.74) is 3.49. The summed E-state index contributed by atoms with van der Waals surface area (Å²) < 4.78 is 10.9. The van der Waals surface area contributed by atoms with Crippen LogP contribution in [0.2, 0.25) is 0 Å². The Hall–Kier alpha value is -3.62. The van der Waals surface area contributed by atoms with E-state index in [0.717, 1.165) is 5.56 Å². The molecule has 3 rings (SSSR count). The van der Waals surface area contributed by atoms with Gasteiger partial charge in [0.2, 0.25) is 0 Å². The molecule has 0 aliphatic heterocycles. The molecule has 3 aromatic carbocycles. The van der Waals surface area contributed by atoms with Crippen LogP contribution in [0.1, 0.15) is 5.56 Å². The number of hydrogen-bond donors (Lipinski definition) is 2. The molecule has 0 bridgehead atoms. The molecule has 8 heteroatoms. The van der Waals surface area contributed by atoms with E-state index in [9.17, 15) is 15.2 Å². The summed E-state index contributed by atoms with van der Waals surface area (Å²) in [6.45, 7) is 1.13. The van der Waals surface area contributed by atoms with E-state index in [0.29, 0.717) is 24.6 Å². The van der Waals surface area contributed by atoms with Crippen molar-refractivity contribution in [3.63, 3.8) is 0 Å². The smallest absolute Gasteiger partial charge is 0.294 e. The summed E-state index contributed by atoms with van der Waals surface area (Å²) in [6.07, 6.45) is -0.659. The fourth-order valence-corrected chi connectivity index (χ4v) is 2.98. The zero-order chi connectivity index (χ0) is 22.6. The van der Waals surface area contributed by atoms with Gasteiger partial charge in [0.25, 0.3) is 5.09 Å². The largest absolute Gasteiger partial charge is 0.492 e. The minimum atomic E-state index is -0.859. The lowest BCUT2D eigenvalue weighted by Gasteiger charge is -2.14. The van der Waals surface area contributed by atoms with Crippen molar-refractivity contribution in [2.45, 2.75) is 12.6 Å². The fraction of sp³-hybridized carbons (Fsp3) is 0.250. The molecule has 1 unspecified atom stereocenters. The van der Waals surface area contributed by atoms with Gasteiger partial charge in [-0.2, -0.15) is 0 Å². The van der Waals surface area contributed by atoms with Crippen molar-refractivity contribution in [1.29, 1.82) is 0 Å². The van der Waals surface area contributed by atoms with Crippen LogP contribution >= 0.6 is 0 Å². The number of aliphatic hydroxyl groups is 1. The van der Waals surface area contributed by atoms with Crippen LogP contribution in [0.25, 0.3) is 11.1 Å². The van der Waals surface area contributed by atoms with Crippen LogP contribution in [0.15, 0.2) is 78.9 Å². The molecular formula is C24H26N2O6. The van der Waals surface area contributed by atoms with Crippen LogP contribution < -0.4 is 14.8 Å². The summed E-state index contributed by atoms with van der Waals surface area (Å²) in [4.78, 5) is 14.2. The van der Waals surface area contributed by atoms with Crippen LogP contribution in [-0.2, 0) is 11.4 Å². The molecule has 0 saturated carbocycles. The first kappa shape index (κ1) is 23.1. The highest BCUT2D eigenvalue weighted by molar-refractivity contribution is 5.63. The second-order valence-corrected chi connectivity index (χ2v) is 7.04. The SMILES string of the molecule is O=[N+]([O-])OCCOc1ccc(OCC(O)CNCc2ccc(-c3ccccc3)cc2)cc1. The zero-order valence-electron chi connectivity index (χ0n) is 17.6. The van der Waals surface area contributed by atoms with E-state index in [1.165, 1.54) is 11.1 Å². The molecule has 2 N–H and O–H groups in total. The van der Waals surface area contributed by atoms with Crippen molar-refractivity contribution in [3.8, 4) is 22.6 Å². The molecular weight excluding hydrogens is 412 g/mol. The molecule has 0 amide bonds. The average molecular weight is 438 g/mol. The monoisotopic (exact) mass is 438 g/mol. The van der Waals surface area contributed by atoms with Crippen LogP contribution in [-0.4, -0.2) is 42.7 Å². The van der Waals surface area contributed by atoms with Crippen molar-refractivity contribution in [2.24, 2.45) is 0 Å². The van der Waals surface area contributed by atoms with E-state index >= 15 is 0 Å². The topological polar surface area (TPSA) is 103 Å². The molecule has 0 saturated heterocycles. The Morgan fingerprint density at radius 3 is 2.12 bits per heavy atom. The minimum Gasteiger partial charge on any atom is -0.492 e. The maximum absolute atomic E-state index is 10.1. The molecule has 0 aromatic heterocycles. The number of nitrogens with zero attached hydrogens (tertiary/aromatic N) is 1. The zero-order valence-corrected chi connectivity index (χ0v) is 17.6. The first-order valence-electron chi connectivity index (χ1n) is 10.3. The van der Waals surface area contributed by atoms with Gasteiger partial charge in [0.05, 0.1) is 0 Å². The van der Waals surface area contributed by atoms with Crippen molar-refractivity contribution < 1.29 is 24.5 Å². The molecule has 0 fully saturated rings. The number of nitrogens with one attached hydrogen (secondary N) is 1. The van der Waals surface area contributed by atoms with Gasteiger partial charge in [-0.25, -0.2) is 0 Å². The highest BCUT2D eigenvalue weighted by Crippen LogP contribution is 2.19. The van der Waals surface area contributed by atoms with Gasteiger partial charge in [0, 0.05) is 13.1 Å². The van der Waals surface area contributed by atoms with E-state index in [2.05, 4.69) is 46.6 Å². The fourth-order valence-electron chi connectivity index (χ4n) is 2.98. The van der Waals surface area contributed by atoms with Crippen molar-refractivity contribution in [3.05, 3.63) is 94.5 Å². The highest BCUT2D eigenvalue weighted by atomic mass is 17.0. The molecule has 0 heterocycles. The summed E-state index contributed by atoms with van der Waals surface area (Å²) in [6, 6.07) is 25.3. The van der Waals surface area contributed by atoms with Crippen LogP contribution in [0, 0.1) is 10.1 Å². The normalized spacial score (nSPS) is 11.5. The van der Waals surface area contributed by atoms with Gasteiger partial charge in [-0.05, 0) is 41.0 Å². The standard InChI is InChI=1S/C24H26N2O6/c27-22(18-31-24-12-10-23(11-13-24)30-14-15-32-26(28)29)17-25-16-19-6-8-21(9-7-19)20-4-2-1-3-5-20/h1-13,22,25,27H,14-18H2. The van der Waals surface area contributed by atoms with Crippen LogP contribution in [0.4, 0.5) is 0 Å². The van der Waals surface area contributed by atoms with E-state index < -0.39 is 11.2 Å². The van der Waals surface area contributed by atoms with E-state index in [4.69, 9.17) is 9.47 Å². The first-order valence-corrected chi connectivity index (χ1v) is 10.3. The third-order valence-electron chi connectivity index (χ3n) is 4.59. The third kappa shape index (κ3) is 7.90. The quantitative estimate of drug-likeness (QED) is 0.239. The molecule has 0 spiro atoms. The third-order valence-corrected chi connectivity index (χ3v) is 4.59. The average Bonchev–Trinajstić information content (AvgIpc) is 2.82.